The molecule has 0 saturated carbocycles. The molecular formula is C14H14FN3O2. The van der Waals surface area contributed by atoms with Crippen molar-refractivity contribution in [2.45, 2.75) is 13.0 Å². The maximum Gasteiger partial charge on any atom is 0.274 e. The molecule has 0 aliphatic carbocycles. The van der Waals surface area contributed by atoms with Crippen molar-refractivity contribution in [1.29, 1.82) is 0 Å². The Hall–Kier alpha value is -2.63. The number of hydrogen-bond acceptors (Lipinski definition) is 4. The van der Waals surface area contributed by atoms with Crippen molar-refractivity contribution < 1.29 is 9.31 Å². The fourth-order valence-corrected chi connectivity index (χ4v) is 1.88. The van der Waals surface area contributed by atoms with E-state index in [-0.39, 0.29) is 11.7 Å². The van der Waals surface area contributed by atoms with Crippen LogP contribution in [0, 0.1) is 15.9 Å². The minimum Gasteiger partial charge on any atom is -0.399 e. The van der Waals surface area contributed by atoms with Crippen LogP contribution in [0.5, 0.6) is 0 Å². The lowest BCUT2D eigenvalue weighted by atomic mass is 10.1. The number of anilines is 2. The summed E-state index contributed by atoms with van der Waals surface area (Å²) in [4.78, 5) is 10.1. The fourth-order valence-electron chi connectivity index (χ4n) is 1.88. The van der Waals surface area contributed by atoms with E-state index in [0.29, 0.717) is 11.4 Å². The van der Waals surface area contributed by atoms with Gasteiger partial charge < -0.3 is 11.1 Å². The number of benzene rings is 2. The summed E-state index contributed by atoms with van der Waals surface area (Å²) in [6.45, 7) is 1.88. The normalized spacial score (nSPS) is 11.9. The Morgan fingerprint density at radius 1 is 1.25 bits per heavy atom. The van der Waals surface area contributed by atoms with Crippen LogP contribution in [0.15, 0.2) is 42.5 Å². The maximum absolute atomic E-state index is 13.3. The largest absolute Gasteiger partial charge is 0.399 e. The molecule has 1 unspecified atom stereocenters. The Morgan fingerprint density at radius 3 is 2.50 bits per heavy atom. The number of non-ortho nitro benzene ring substituents is 1. The zero-order valence-corrected chi connectivity index (χ0v) is 10.8. The standard InChI is InChI=1S/C14H14FN3O2/c1-9(10-2-4-12(16)5-3-10)17-13-6-11(15)7-14(8-13)18(19)20/h2-9,17H,16H2,1H3. The highest BCUT2D eigenvalue weighted by atomic mass is 19.1. The van der Waals surface area contributed by atoms with Gasteiger partial charge in [-0.25, -0.2) is 4.39 Å². The summed E-state index contributed by atoms with van der Waals surface area (Å²) in [5.74, 6) is -0.647. The van der Waals surface area contributed by atoms with Crippen LogP contribution < -0.4 is 11.1 Å². The summed E-state index contributed by atoms with van der Waals surface area (Å²) in [5.41, 5.74) is 7.29. The number of nitrogens with zero attached hydrogens (tertiary/aromatic N) is 1. The van der Waals surface area contributed by atoms with Gasteiger partial charge in [-0.05, 0) is 30.7 Å². The number of rotatable bonds is 4. The minimum absolute atomic E-state index is 0.128. The van der Waals surface area contributed by atoms with Gasteiger partial charge in [0, 0.05) is 23.5 Å². The molecule has 0 amide bonds. The molecule has 3 N–H and O–H groups in total. The molecule has 2 aromatic rings. The molecule has 1 atom stereocenters. The van der Waals surface area contributed by atoms with Crippen molar-refractivity contribution in [3.05, 3.63) is 64.0 Å². The van der Waals surface area contributed by atoms with Crippen molar-refractivity contribution in [3.63, 3.8) is 0 Å². The van der Waals surface area contributed by atoms with E-state index in [0.717, 1.165) is 11.6 Å². The van der Waals surface area contributed by atoms with Crippen LogP contribution >= 0.6 is 0 Å². The molecule has 5 nitrogen and oxygen atoms in total. The molecule has 0 saturated heterocycles. The molecule has 2 rings (SSSR count). The van der Waals surface area contributed by atoms with Crippen molar-refractivity contribution in [2.24, 2.45) is 0 Å². The van der Waals surface area contributed by atoms with Crippen LogP contribution in [0.4, 0.5) is 21.5 Å². The zero-order chi connectivity index (χ0) is 14.7. The monoisotopic (exact) mass is 275 g/mol. The van der Waals surface area contributed by atoms with E-state index in [9.17, 15) is 14.5 Å². The van der Waals surface area contributed by atoms with E-state index in [1.54, 1.807) is 12.1 Å². The Labute approximate surface area is 115 Å². The quantitative estimate of drug-likeness (QED) is 0.508. The first-order chi connectivity index (χ1) is 9.45. The molecule has 0 aromatic heterocycles. The number of nitro groups is 1. The van der Waals surface area contributed by atoms with E-state index < -0.39 is 10.7 Å². The average molecular weight is 275 g/mol. The Bertz CT molecular complexity index is 629. The van der Waals surface area contributed by atoms with Gasteiger partial charge in [0.25, 0.3) is 5.69 Å². The molecule has 0 radical (unpaired) electrons. The Balaban J connectivity index is 2.21. The van der Waals surface area contributed by atoms with Crippen molar-refractivity contribution in [1.82, 2.24) is 0 Å². The van der Waals surface area contributed by atoms with E-state index >= 15 is 0 Å². The van der Waals surface area contributed by atoms with Gasteiger partial charge in [-0.1, -0.05) is 12.1 Å². The van der Waals surface area contributed by atoms with E-state index in [1.807, 2.05) is 19.1 Å². The lowest BCUT2D eigenvalue weighted by molar-refractivity contribution is -0.385. The third-order valence-corrected chi connectivity index (χ3v) is 2.91. The first-order valence-electron chi connectivity index (χ1n) is 6.02. The summed E-state index contributed by atoms with van der Waals surface area (Å²) in [6, 6.07) is 10.5. The number of nitrogens with one attached hydrogen (secondary N) is 1. The predicted octanol–water partition coefficient (Wildman–Crippen LogP) is 3.49. The first-order valence-corrected chi connectivity index (χ1v) is 6.02. The van der Waals surface area contributed by atoms with E-state index in [4.69, 9.17) is 5.73 Å². The summed E-state index contributed by atoms with van der Waals surface area (Å²) in [6.07, 6.45) is 0. The summed E-state index contributed by atoms with van der Waals surface area (Å²) < 4.78 is 13.3. The van der Waals surface area contributed by atoms with Crippen LogP contribution in [0.25, 0.3) is 0 Å². The molecule has 2 aromatic carbocycles. The fraction of sp³-hybridized carbons (Fsp3) is 0.143. The van der Waals surface area contributed by atoms with Gasteiger partial charge >= 0.3 is 0 Å². The summed E-state index contributed by atoms with van der Waals surface area (Å²) in [5, 5.41) is 13.7. The lowest BCUT2D eigenvalue weighted by Crippen LogP contribution is -2.07. The van der Waals surface area contributed by atoms with Crippen LogP contribution in [0.1, 0.15) is 18.5 Å². The van der Waals surface area contributed by atoms with Gasteiger partial charge in [-0.3, -0.25) is 10.1 Å². The third-order valence-electron chi connectivity index (χ3n) is 2.91. The number of nitrogens with two attached hydrogens (primary N) is 1. The van der Waals surface area contributed by atoms with Gasteiger partial charge in [-0.15, -0.1) is 0 Å². The maximum atomic E-state index is 13.3. The average Bonchev–Trinajstić information content (AvgIpc) is 2.38. The van der Waals surface area contributed by atoms with Crippen LogP contribution in [0.3, 0.4) is 0 Å². The molecule has 0 bridgehead atoms. The Kier molecular flexibility index (Phi) is 3.84. The number of nitrogen functional groups attached to an aromatic ring is 1. The van der Waals surface area contributed by atoms with E-state index in [2.05, 4.69) is 5.32 Å². The highest BCUT2D eigenvalue weighted by Gasteiger charge is 2.12. The summed E-state index contributed by atoms with van der Waals surface area (Å²) in [7, 11) is 0. The van der Waals surface area contributed by atoms with Gasteiger partial charge in [0.1, 0.15) is 5.82 Å². The number of halogens is 1. The molecule has 0 heterocycles. The lowest BCUT2D eigenvalue weighted by Gasteiger charge is -2.15. The molecule has 0 aliphatic heterocycles. The highest BCUT2D eigenvalue weighted by molar-refractivity contribution is 5.53. The second kappa shape index (κ2) is 5.56. The molecule has 0 fully saturated rings. The van der Waals surface area contributed by atoms with E-state index in [1.165, 1.54) is 12.1 Å². The molecular weight excluding hydrogens is 261 g/mol. The second-order valence-electron chi connectivity index (χ2n) is 4.49. The van der Waals surface area contributed by atoms with Gasteiger partial charge in [-0.2, -0.15) is 0 Å². The topological polar surface area (TPSA) is 81.2 Å². The van der Waals surface area contributed by atoms with Crippen molar-refractivity contribution in [2.75, 3.05) is 11.1 Å². The number of hydrogen-bond donors (Lipinski definition) is 2. The van der Waals surface area contributed by atoms with Gasteiger partial charge in [0.15, 0.2) is 0 Å². The zero-order valence-electron chi connectivity index (χ0n) is 10.8. The van der Waals surface area contributed by atoms with Crippen LogP contribution in [-0.2, 0) is 0 Å². The SMILES string of the molecule is CC(Nc1cc(F)cc([N+](=O)[O-])c1)c1ccc(N)cc1. The smallest absolute Gasteiger partial charge is 0.274 e. The van der Waals surface area contributed by atoms with Gasteiger partial charge in [0.2, 0.25) is 0 Å². The van der Waals surface area contributed by atoms with Gasteiger partial charge in [0.05, 0.1) is 11.0 Å². The predicted molar refractivity (Wildman–Crippen MR) is 75.9 cm³/mol. The molecule has 104 valence electrons. The van der Waals surface area contributed by atoms with Crippen LogP contribution in [-0.4, -0.2) is 4.92 Å². The molecule has 0 aliphatic rings. The molecule has 20 heavy (non-hydrogen) atoms. The molecule has 0 spiro atoms. The summed E-state index contributed by atoms with van der Waals surface area (Å²) >= 11 is 0. The van der Waals surface area contributed by atoms with Crippen molar-refractivity contribution in [3.8, 4) is 0 Å². The third kappa shape index (κ3) is 3.23. The Morgan fingerprint density at radius 2 is 1.90 bits per heavy atom. The van der Waals surface area contributed by atoms with Crippen LogP contribution in [0.2, 0.25) is 0 Å². The first kappa shape index (κ1) is 13.8. The second-order valence-corrected chi connectivity index (χ2v) is 4.49. The minimum atomic E-state index is -0.647. The number of nitro benzene ring substituents is 1. The highest BCUT2D eigenvalue weighted by Crippen LogP contribution is 2.24. The van der Waals surface area contributed by atoms with Crippen molar-refractivity contribution >= 4 is 17.1 Å². The molecule has 6 heteroatoms.